The van der Waals surface area contributed by atoms with Gasteiger partial charge in [-0.05, 0) is 19.3 Å². The summed E-state index contributed by atoms with van der Waals surface area (Å²) in [4.78, 5) is 11.0. The lowest BCUT2D eigenvalue weighted by molar-refractivity contribution is -0.110. The van der Waals surface area contributed by atoms with Crippen LogP contribution in [0.4, 0.5) is 0 Å². The Bertz CT molecular complexity index is 147. The van der Waals surface area contributed by atoms with Crippen molar-refractivity contribution in [3.8, 4) is 0 Å². The summed E-state index contributed by atoms with van der Waals surface area (Å²) in [5, 5.41) is 8.88. The van der Waals surface area contributed by atoms with Gasteiger partial charge in [0.15, 0.2) is 0 Å². The highest BCUT2D eigenvalue weighted by atomic mass is 16.3. The van der Waals surface area contributed by atoms with Gasteiger partial charge in [-0.2, -0.15) is 0 Å². The van der Waals surface area contributed by atoms with Crippen molar-refractivity contribution in [1.29, 1.82) is 0 Å². The molecule has 1 aliphatic rings. The Morgan fingerprint density at radius 3 is 3.00 bits per heavy atom. The molecule has 1 atom stereocenters. The zero-order valence-corrected chi connectivity index (χ0v) is 7.05. The maximum Gasteiger partial charge on any atom is 0.223 e. The van der Waals surface area contributed by atoms with Crippen LogP contribution < -0.4 is 0 Å². The van der Waals surface area contributed by atoms with Gasteiger partial charge in [0.05, 0.1) is 5.68 Å². The van der Waals surface area contributed by atoms with E-state index in [0.717, 1.165) is 25.5 Å². The summed E-state index contributed by atoms with van der Waals surface area (Å²) in [6.45, 7) is 2.15. The molecule has 1 rings (SSSR count). The van der Waals surface area contributed by atoms with Crippen LogP contribution >= 0.6 is 0 Å². The zero-order chi connectivity index (χ0) is 8.27. The minimum absolute atomic E-state index is 0.237. The molecule has 3 heteroatoms. The van der Waals surface area contributed by atoms with Crippen LogP contribution in [0.5, 0.6) is 0 Å². The molecule has 11 heavy (non-hydrogen) atoms. The molecule has 0 aromatic carbocycles. The van der Waals surface area contributed by atoms with Crippen molar-refractivity contribution in [3.05, 3.63) is 0 Å². The third-order valence-corrected chi connectivity index (χ3v) is 2.62. The minimum Gasteiger partial charge on any atom is -0.396 e. The van der Waals surface area contributed by atoms with E-state index in [1.54, 1.807) is 6.92 Å². The molecule has 1 unspecified atom stereocenters. The Kier molecular flexibility index (Phi) is 3.12. The highest BCUT2D eigenvalue weighted by molar-refractivity contribution is 6.89. The number of rotatable bonds is 2. The summed E-state index contributed by atoms with van der Waals surface area (Å²) in [7, 11) is 0. The summed E-state index contributed by atoms with van der Waals surface area (Å²) in [5.41, 5.74) is 0.295. The topological polar surface area (TPSA) is 37.3 Å². The van der Waals surface area contributed by atoms with Crippen LogP contribution in [0.2, 0.25) is 12.6 Å². The molecule has 1 N–H and O–H groups in total. The molecule has 2 nitrogen and oxygen atoms in total. The van der Waals surface area contributed by atoms with E-state index in [0.29, 0.717) is 11.6 Å². The number of carbonyl (C=O) groups excluding carboxylic acids is 1. The number of hydrogen-bond acceptors (Lipinski definition) is 2. The van der Waals surface area contributed by atoms with Gasteiger partial charge in [-0.1, -0.05) is 19.1 Å². The molecule has 62 valence electrons. The molecule has 1 aliphatic heterocycles. The van der Waals surface area contributed by atoms with Crippen molar-refractivity contribution < 1.29 is 9.90 Å². The number of carbonyl (C=O) groups is 1. The molecule has 0 spiro atoms. The third-order valence-electron chi connectivity index (χ3n) is 2.62. The lowest BCUT2D eigenvalue weighted by atomic mass is 9.37. The number of aliphatic hydroxyl groups excluding tert-OH is 1. The van der Waals surface area contributed by atoms with Gasteiger partial charge in [0.2, 0.25) is 6.71 Å². The van der Waals surface area contributed by atoms with E-state index < -0.39 is 0 Å². The Labute approximate surface area is 68.1 Å². The van der Waals surface area contributed by atoms with Crippen LogP contribution in [0.25, 0.3) is 0 Å². The van der Waals surface area contributed by atoms with E-state index in [4.69, 9.17) is 5.11 Å². The second-order valence-electron chi connectivity index (χ2n) is 3.52. The van der Waals surface area contributed by atoms with E-state index in [1.807, 2.05) is 0 Å². The average Bonchev–Trinajstić information content (AvgIpc) is 2.05. The van der Waals surface area contributed by atoms with E-state index in [9.17, 15) is 4.79 Å². The Morgan fingerprint density at radius 1 is 1.73 bits per heavy atom. The van der Waals surface area contributed by atoms with Gasteiger partial charge >= 0.3 is 0 Å². The largest absolute Gasteiger partial charge is 0.396 e. The zero-order valence-electron chi connectivity index (χ0n) is 7.05. The van der Waals surface area contributed by atoms with Crippen LogP contribution in [0.3, 0.4) is 0 Å². The number of aliphatic hydroxyl groups is 1. The normalized spacial score (nSPS) is 25.3. The average molecular weight is 154 g/mol. The first-order chi connectivity index (χ1) is 5.24. The monoisotopic (exact) mass is 154 g/mol. The predicted molar refractivity (Wildman–Crippen MR) is 45.9 cm³/mol. The Hall–Kier alpha value is -0.305. The second kappa shape index (κ2) is 3.91. The maximum atomic E-state index is 11.0. The molecule has 0 aromatic rings. The first kappa shape index (κ1) is 8.79. The van der Waals surface area contributed by atoms with Crippen molar-refractivity contribution >= 4 is 12.4 Å². The van der Waals surface area contributed by atoms with E-state index in [2.05, 4.69) is 0 Å². The van der Waals surface area contributed by atoms with Gasteiger partial charge < -0.3 is 9.90 Å². The molecule has 0 saturated carbocycles. The van der Waals surface area contributed by atoms with Crippen LogP contribution in [-0.2, 0) is 4.79 Å². The van der Waals surface area contributed by atoms with Crippen molar-refractivity contribution in [2.24, 2.45) is 5.92 Å². The van der Waals surface area contributed by atoms with Crippen molar-refractivity contribution in [3.63, 3.8) is 0 Å². The lowest BCUT2D eigenvalue weighted by Crippen LogP contribution is -2.30. The van der Waals surface area contributed by atoms with E-state index in [-0.39, 0.29) is 13.3 Å². The van der Waals surface area contributed by atoms with Crippen molar-refractivity contribution in [2.45, 2.75) is 32.4 Å². The summed E-state index contributed by atoms with van der Waals surface area (Å²) < 4.78 is 0. The fourth-order valence-corrected chi connectivity index (χ4v) is 1.83. The first-order valence-electron chi connectivity index (χ1n) is 4.35. The van der Waals surface area contributed by atoms with Crippen LogP contribution in [-0.4, -0.2) is 24.1 Å². The van der Waals surface area contributed by atoms with Crippen molar-refractivity contribution in [1.82, 2.24) is 0 Å². The molecule has 1 heterocycles. The highest BCUT2D eigenvalue weighted by Crippen LogP contribution is 2.24. The first-order valence-corrected chi connectivity index (χ1v) is 4.35. The maximum absolute atomic E-state index is 11.0. The highest BCUT2D eigenvalue weighted by Gasteiger charge is 2.27. The van der Waals surface area contributed by atoms with Gasteiger partial charge in [0, 0.05) is 6.61 Å². The summed E-state index contributed by atoms with van der Waals surface area (Å²) >= 11 is 0. The van der Waals surface area contributed by atoms with Gasteiger partial charge in [-0.15, -0.1) is 0 Å². The van der Waals surface area contributed by atoms with Crippen LogP contribution in [0.1, 0.15) is 19.8 Å². The number of hydrogen-bond donors (Lipinski definition) is 1. The Balaban J connectivity index is 2.39. The standard InChI is InChI=1S/C8H15BO2/c1-7(11)9-4-2-3-8(5-9)6-10/h8,10H,2-6H2,1H3. The van der Waals surface area contributed by atoms with E-state index in [1.165, 1.54) is 0 Å². The predicted octanol–water partition coefficient (Wildman–Crippen LogP) is 1.01. The fourth-order valence-electron chi connectivity index (χ4n) is 1.83. The van der Waals surface area contributed by atoms with E-state index >= 15 is 0 Å². The van der Waals surface area contributed by atoms with Gasteiger partial charge in [-0.3, -0.25) is 0 Å². The summed E-state index contributed by atoms with van der Waals surface area (Å²) in [6.07, 6.45) is 4.15. The molecule has 0 bridgehead atoms. The SMILES string of the molecule is CC(=O)B1CCCC(CO)C1. The fraction of sp³-hybridized carbons (Fsp3) is 0.875. The molecule has 1 saturated heterocycles. The molecule has 0 aromatic heterocycles. The smallest absolute Gasteiger partial charge is 0.223 e. The van der Waals surface area contributed by atoms with Crippen LogP contribution in [0, 0.1) is 5.92 Å². The van der Waals surface area contributed by atoms with Crippen LogP contribution in [0.15, 0.2) is 0 Å². The lowest BCUT2D eigenvalue weighted by Gasteiger charge is -2.23. The Morgan fingerprint density at radius 2 is 2.45 bits per heavy atom. The third kappa shape index (κ3) is 2.33. The van der Waals surface area contributed by atoms with Crippen molar-refractivity contribution in [2.75, 3.05) is 6.61 Å². The summed E-state index contributed by atoms with van der Waals surface area (Å²) in [5.74, 6) is 0.387. The molecular formula is C8H15BO2. The quantitative estimate of drug-likeness (QED) is 0.602. The molecule has 0 aliphatic carbocycles. The van der Waals surface area contributed by atoms with Gasteiger partial charge in [0.25, 0.3) is 0 Å². The van der Waals surface area contributed by atoms with Gasteiger partial charge in [0.1, 0.15) is 0 Å². The molecule has 1 fully saturated rings. The molecule has 0 radical (unpaired) electrons. The molecular weight excluding hydrogens is 139 g/mol. The second-order valence-corrected chi connectivity index (χ2v) is 3.52. The summed E-state index contributed by atoms with van der Waals surface area (Å²) in [6, 6.07) is 0. The molecule has 0 amide bonds. The minimum atomic E-state index is 0.237. The van der Waals surface area contributed by atoms with Gasteiger partial charge in [-0.25, -0.2) is 0 Å².